The minimum absolute atomic E-state index is 0.270. The van der Waals surface area contributed by atoms with Gasteiger partial charge in [0.25, 0.3) is 0 Å². The van der Waals surface area contributed by atoms with Gasteiger partial charge in [0.1, 0.15) is 0 Å². The Labute approximate surface area is 99.3 Å². The van der Waals surface area contributed by atoms with Crippen molar-refractivity contribution in [3.05, 3.63) is 33.5 Å². The third kappa shape index (κ3) is 1.88. The number of hydrogen-bond acceptors (Lipinski definition) is 4. The average Bonchev–Trinajstić information content (AvgIpc) is 2.70. The van der Waals surface area contributed by atoms with Crippen molar-refractivity contribution in [2.24, 2.45) is 5.73 Å². The van der Waals surface area contributed by atoms with Gasteiger partial charge in [0.05, 0.1) is 21.7 Å². The highest BCUT2D eigenvalue weighted by molar-refractivity contribution is 9.10. The summed E-state index contributed by atoms with van der Waals surface area (Å²) in [6.45, 7) is 0.270. The van der Waals surface area contributed by atoms with Crippen molar-refractivity contribution in [3.8, 4) is 5.69 Å². The maximum atomic E-state index is 5.97. The van der Waals surface area contributed by atoms with E-state index in [4.69, 9.17) is 17.3 Å². The summed E-state index contributed by atoms with van der Waals surface area (Å²) >= 11 is 9.34. The number of tetrazole rings is 1. The minimum atomic E-state index is 0.270. The Balaban J connectivity index is 2.59. The van der Waals surface area contributed by atoms with Gasteiger partial charge in [-0.2, -0.15) is 4.68 Å². The van der Waals surface area contributed by atoms with E-state index in [9.17, 15) is 0 Å². The van der Waals surface area contributed by atoms with Crippen LogP contribution in [0.15, 0.2) is 22.7 Å². The Bertz CT molecular complexity index is 484. The summed E-state index contributed by atoms with van der Waals surface area (Å²) in [4.78, 5) is 0. The SMILES string of the molecule is NCc1nnnn1-c1cccc(Cl)c1Br. The van der Waals surface area contributed by atoms with Crippen molar-refractivity contribution in [1.29, 1.82) is 0 Å². The van der Waals surface area contributed by atoms with Gasteiger partial charge in [-0.3, -0.25) is 0 Å². The Hall–Kier alpha value is -0.980. The fourth-order valence-corrected chi connectivity index (χ4v) is 1.78. The number of nitrogens with zero attached hydrogens (tertiary/aromatic N) is 4. The Kier molecular flexibility index (Phi) is 2.99. The molecule has 78 valence electrons. The zero-order chi connectivity index (χ0) is 10.8. The van der Waals surface area contributed by atoms with Gasteiger partial charge >= 0.3 is 0 Å². The van der Waals surface area contributed by atoms with Crippen LogP contribution >= 0.6 is 27.5 Å². The molecule has 0 aliphatic rings. The molecule has 2 rings (SSSR count). The number of halogens is 2. The van der Waals surface area contributed by atoms with Crippen molar-refractivity contribution in [3.63, 3.8) is 0 Å². The summed E-state index contributed by atoms with van der Waals surface area (Å²) < 4.78 is 2.30. The van der Waals surface area contributed by atoms with Crippen molar-refractivity contribution in [2.45, 2.75) is 6.54 Å². The first-order valence-electron chi connectivity index (χ1n) is 4.15. The van der Waals surface area contributed by atoms with Gasteiger partial charge in [-0.25, -0.2) is 0 Å². The predicted molar refractivity (Wildman–Crippen MR) is 59.8 cm³/mol. The normalized spacial score (nSPS) is 10.6. The maximum absolute atomic E-state index is 5.97. The van der Waals surface area contributed by atoms with Crippen molar-refractivity contribution in [1.82, 2.24) is 20.2 Å². The van der Waals surface area contributed by atoms with Gasteiger partial charge in [-0.05, 0) is 38.5 Å². The summed E-state index contributed by atoms with van der Waals surface area (Å²) in [5.74, 6) is 0.581. The Morgan fingerprint density at radius 1 is 1.47 bits per heavy atom. The lowest BCUT2D eigenvalue weighted by molar-refractivity contribution is 0.759. The van der Waals surface area contributed by atoms with Crippen molar-refractivity contribution < 1.29 is 0 Å². The largest absolute Gasteiger partial charge is 0.324 e. The van der Waals surface area contributed by atoms with E-state index in [2.05, 4.69) is 31.5 Å². The summed E-state index contributed by atoms with van der Waals surface area (Å²) in [5, 5.41) is 11.8. The van der Waals surface area contributed by atoms with Crippen LogP contribution in [0.3, 0.4) is 0 Å². The molecule has 0 unspecified atom stereocenters. The second-order valence-corrected chi connectivity index (χ2v) is 3.98. The molecule has 0 amide bonds. The molecule has 5 nitrogen and oxygen atoms in total. The molecule has 0 aliphatic heterocycles. The molecule has 2 aromatic rings. The molecule has 1 heterocycles. The number of rotatable bonds is 2. The van der Waals surface area contributed by atoms with Crippen LogP contribution in [0.4, 0.5) is 0 Å². The molecular formula is C8H7BrClN5. The zero-order valence-corrected chi connectivity index (χ0v) is 9.90. The zero-order valence-electron chi connectivity index (χ0n) is 7.56. The van der Waals surface area contributed by atoms with E-state index in [-0.39, 0.29) is 6.54 Å². The van der Waals surface area contributed by atoms with Crippen LogP contribution < -0.4 is 5.73 Å². The van der Waals surface area contributed by atoms with Crippen molar-refractivity contribution in [2.75, 3.05) is 0 Å². The van der Waals surface area contributed by atoms with E-state index in [1.165, 1.54) is 0 Å². The number of benzene rings is 1. The molecule has 2 N–H and O–H groups in total. The predicted octanol–water partition coefficient (Wildman–Crippen LogP) is 1.54. The number of hydrogen-bond donors (Lipinski definition) is 1. The quantitative estimate of drug-likeness (QED) is 0.910. The molecule has 0 spiro atoms. The summed E-state index contributed by atoms with van der Waals surface area (Å²) in [5.41, 5.74) is 6.28. The van der Waals surface area contributed by atoms with E-state index >= 15 is 0 Å². The molecular weight excluding hydrogens is 281 g/mol. The van der Waals surface area contributed by atoms with Gasteiger partial charge in [0.15, 0.2) is 5.82 Å². The van der Waals surface area contributed by atoms with Gasteiger partial charge in [-0.15, -0.1) is 5.10 Å². The molecule has 0 saturated carbocycles. The van der Waals surface area contributed by atoms with Gasteiger partial charge in [0, 0.05) is 0 Å². The highest BCUT2D eigenvalue weighted by Crippen LogP contribution is 2.28. The van der Waals surface area contributed by atoms with Crippen LogP contribution in [-0.2, 0) is 6.54 Å². The number of aromatic nitrogens is 4. The standard InChI is InChI=1S/C8H7BrClN5/c9-8-5(10)2-1-3-6(8)15-7(4-11)12-13-14-15/h1-3H,4,11H2. The molecule has 0 fully saturated rings. The van der Waals surface area contributed by atoms with E-state index < -0.39 is 0 Å². The van der Waals surface area contributed by atoms with Crippen LogP contribution in [0, 0.1) is 0 Å². The lowest BCUT2D eigenvalue weighted by atomic mass is 10.3. The molecule has 0 aliphatic carbocycles. The summed E-state index contributed by atoms with van der Waals surface area (Å²) in [7, 11) is 0. The summed E-state index contributed by atoms with van der Waals surface area (Å²) in [6.07, 6.45) is 0. The monoisotopic (exact) mass is 287 g/mol. The van der Waals surface area contributed by atoms with Crippen LogP contribution in [-0.4, -0.2) is 20.2 Å². The smallest absolute Gasteiger partial charge is 0.170 e. The van der Waals surface area contributed by atoms with E-state index in [1.54, 1.807) is 10.7 Å². The molecule has 1 aromatic heterocycles. The second kappa shape index (κ2) is 4.26. The van der Waals surface area contributed by atoms with Gasteiger partial charge in [0.2, 0.25) is 0 Å². The Morgan fingerprint density at radius 2 is 2.27 bits per heavy atom. The van der Waals surface area contributed by atoms with Crippen molar-refractivity contribution >= 4 is 27.5 Å². The molecule has 0 saturated heterocycles. The fourth-order valence-electron chi connectivity index (χ4n) is 1.18. The average molecular weight is 289 g/mol. The lowest BCUT2D eigenvalue weighted by Gasteiger charge is -2.06. The highest BCUT2D eigenvalue weighted by atomic mass is 79.9. The summed E-state index contributed by atoms with van der Waals surface area (Å²) in [6, 6.07) is 5.46. The first kappa shape index (κ1) is 10.5. The molecule has 7 heteroatoms. The first-order chi connectivity index (χ1) is 7.24. The second-order valence-electron chi connectivity index (χ2n) is 2.78. The fraction of sp³-hybridized carbons (Fsp3) is 0.125. The van der Waals surface area contributed by atoms with E-state index in [0.717, 1.165) is 10.2 Å². The maximum Gasteiger partial charge on any atom is 0.170 e. The third-order valence-corrected chi connectivity index (χ3v) is 3.25. The van der Waals surface area contributed by atoms with Crippen LogP contribution in [0.2, 0.25) is 5.02 Å². The van der Waals surface area contributed by atoms with Crippen LogP contribution in [0.5, 0.6) is 0 Å². The molecule has 0 bridgehead atoms. The highest BCUT2D eigenvalue weighted by Gasteiger charge is 2.11. The molecule has 0 radical (unpaired) electrons. The Morgan fingerprint density at radius 3 is 3.00 bits per heavy atom. The molecule has 0 atom stereocenters. The third-order valence-electron chi connectivity index (χ3n) is 1.88. The first-order valence-corrected chi connectivity index (χ1v) is 5.33. The van der Waals surface area contributed by atoms with Crippen LogP contribution in [0.1, 0.15) is 5.82 Å². The van der Waals surface area contributed by atoms with Gasteiger partial charge < -0.3 is 5.73 Å². The van der Waals surface area contributed by atoms with E-state index in [0.29, 0.717) is 10.8 Å². The number of nitrogens with two attached hydrogens (primary N) is 1. The topological polar surface area (TPSA) is 69.6 Å². The lowest BCUT2D eigenvalue weighted by Crippen LogP contribution is -2.08. The van der Waals surface area contributed by atoms with E-state index in [1.807, 2.05) is 12.1 Å². The molecule has 15 heavy (non-hydrogen) atoms. The van der Waals surface area contributed by atoms with Crippen LogP contribution in [0.25, 0.3) is 5.69 Å². The molecule has 1 aromatic carbocycles. The van der Waals surface area contributed by atoms with Gasteiger partial charge in [-0.1, -0.05) is 17.7 Å². The minimum Gasteiger partial charge on any atom is -0.324 e.